The van der Waals surface area contributed by atoms with E-state index < -0.39 is 0 Å². The molecular formula is C16H23N3O. The number of nitrogens with zero attached hydrogens (tertiary/aromatic N) is 2. The van der Waals surface area contributed by atoms with Gasteiger partial charge in [0.25, 0.3) is 0 Å². The van der Waals surface area contributed by atoms with Crippen molar-refractivity contribution in [2.45, 2.75) is 39.5 Å². The molecule has 1 aromatic carbocycles. The van der Waals surface area contributed by atoms with Gasteiger partial charge in [0.2, 0.25) is 0 Å². The van der Waals surface area contributed by atoms with E-state index in [2.05, 4.69) is 43.3 Å². The molecule has 0 radical (unpaired) electrons. The molecule has 2 rings (SSSR count). The van der Waals surface area contributed by atoms with Gasteiger partial charge in [-0.25, -0.2) is 0 Å². The van der Waals surface area contributed by atoms with E-state index in [1.54, 1.807) is 6.20 Å². The summed E-state index contributed by atoms with van der Waals surface area (Å²) in [6.07, 6.45) is 3.70. The van der Waals surface area contributed by atoms with E-state index in [0.29, 0.717) is 6.04 Å². The third kappa shape index (κ3) is 4.10. The first-order valence-electron chi connectivity index (χ1n) is 7.16. The second kappa shape index (κ2) is 7.10. The molecule has 0 bridgehead atoms. The van der Waals surface area contributed by atoms with Gasteiger partial charge in [0.05, 0.1) is 12.4 Å². The molecule has 20 heavy (non-hydrogen) atoms. The average molecular weight is 273 g/mol. The van der Waals surface area contributed by atoms with Gasteiger partial charge in [-0.15, -0.1) is 0 Å². The highest BCUT2D eigenvalue weighted by Crippen LogP contribution is 2.21. The van der Waals surface area contributed by atoms with Crippen molar-refractivity contribution in [3.8, 4) is 5.75 Å². The Morgan fingerprint density at radius 3 is 2.60 bits per heavy atom. The predicted molar refractivity (Wildman–Crippen MR) is 80.9 cm³/mol. The lowest BCUT2D eigenvalue weighted by atomic mass is 10.1. The number of hydrogen-bond donors (Lipinski definition) is 1. The molecule has 0 aliphatic heterocycles. The van der Waals surface area contributed by atoms with Crippen LogP contribution in [0.2, 0.25) is 0 Å². The first kappa shape index (κ1) is 14.6. The number of ether oxygens (including phenoxy) is 1. The van der Waals surface area contributed by atoms with E-state index in [9.17, 15) is 0 Å². The summed E-state index contributed by atoms with van der Waals surface area (Å²) in [5.41, 5.74) is 1.17. The van der Waals surface area contributed by atoms with E-state index in [-0.39, 0.29) is 6.10 Å². The molecule has 0 saturated carbocycles. The van der Waals surface area contributed by atoms with E-state index in [1.807, 2.05) is 29.1 Å². The highest BCUT2D eigenvalue weighted by atomic mass is 16.5. The van der Waals surface area contributed by atoms with Gasteiger partial charge in [-0.1, -0.05) is 44.2 Å². The minimum absolute atomic E-state index is 0.00638. The van der Waals surface area contributed by atoms with E-state index in [0.717, 1.165) is 18.8 Å². The van der Waals surface area contributed by atoms with Crippen molar-refractivity contribution < 1.29 is 4.74 Å². The smallest absolute Gasteiger partial charge is 0.158 e. The van der Waals surface area contributed by atoms with Gasteiger partial charge < -0.3 is 10.1 Å². The van der Waals surface area contributed by atoms with Gasteiger partial charge in [0, 0.05) is 19.1 Å². The van der Waals surface area contributed by atoms with Gasteiger partial charge in [-0.05, 0) is 12.5 Å². The fraction of sp³-hybridized carbons (Fsp3) is 0.438. The number of nitrogens with one attached hydrogen (secondary N) is 1. The first-order chi connectivity index (χ1) is 9.69. The SMILES string of the molecule is CCn1cc(OC(CNC(C)C)c2ccccc2)cn1. The van der Waals surface area contributed by atoms with Crippen LogP contribution in [0.1, 0.15) is 32.4 Å². The molecule has 1 N–H and O–H groups in total. The summed E-state index contributed by atoms with van der Waals surface area (Å²) in [6.45, 7) is 7.96. The van der Waals surface area contributed by atoms with E-state index in [4.69, 9.17) is 4.74 Å². The van der Waals surface area contributed by atoms with Crippen LogP contribution >= 0.6 is 0 Å². The number of aryl methyl sites for hydroxylation is 1. The van der Waals surface area contributed by atoms with Gasteiger partial charge >= 0.3 is 0 Å². The van der Waals surface area contributed by atoms with Gasteiger partial charge in [-0.3, -0.25) is 4.68 Å². The molecule has 4 heteroatoms. The van der Waals surface area contributed by atoms with Gasteiger partial charge in [0.15, 0.2) is 5.75 Å². The molecule has 1 heterocycles. The zero-order chi connectivity index (χ0) is 14.4. The molecule has 0 spiro atoms. The Balaban J connectivity index is 2.09. The van der Waals surface area contributed by atoms with Crippen LogP contribution in [0.5, 0.6) is 5.75 Å². The fourth-order valence-electron chi connectivity index (χ4n) is 1.98. The molecule has 0 fully saturated rings. The summed E-state index contributed by atoms with van der Waals surface area (Å²) in [7, 11) is 0. The van der Waals surface area contributed by atoms with Crippen molar-refractivity contribution in [2.75, 3.05) is 6.54 Å². The number of hydrogen-bond acceptors (Lipinski definition) is 3. The quantitative estimate of drug-likeness (QED) is 0.843. The van der Waals surface area contributed by atoms with Crippen molar-refractivity contribution in [1.29, 1.82) is 0 Å². The van der Waals surface area contributed by atoms with Gasteiger partial charge in [-0.2, -0.15) is 5.10 Å². The summed E-state index contributed by atoms with van der Waals surface area (Å²) < 4.78 is 7.96. The minimum atomic E-state index is -0.00638. The molecule has 1 aromatic heterocycles. The Morgan fingerprint density at radius 1 is 1.25 bits per heavy atom. The Labute approximate surface area is 120 Å². The van der Waals surface area contributed by atoms with E-state index in [1.165, 1.54) is 5.56 Å². The van der Waals surface area contributed by atoms with Crippen LogP contribution in [0, 0.1) is 0 Å². The maximum Gasteiger partial charge on any atom is 0.158 e. The molecule has 0 saturated heterocycles. The van der Waals surface area contributed by atoms with Crippen molar-refractivity contribution in [3.63, 3.8) is 0 Å². The molecule has 0 aliphatic carbocycles. The van der Waals surface area contributed by atoms with Crippen LogP contribution < -0.4 is 10.1 Å². The Bertz CT molecular complexity index is 507. The predicted octanol–water partition coefficient (Wildman–Crippen LogP) is 3.02. The molecule has 4 nitrogen and oxygen atoms in total. The maximum atomic E-state index is 6.09. The van der Waals surface area contributed by atoms with Crippen molar-refractivity contribution in [3.05, 3.63) is 48.3 Å². The topological polar surface area (TPSA) is 39.1 Å². The molecule has 2 aromatic rings. The fourth-order valence-corrected chi connectivity index (χ4v) is 1.98. The monoisotopic (exact) mass is 273 g/mol. The zero-order valence-corrected chi connectivity index (χ0v) is 12.4. The summed E-state index contributed by atoms with van der Waals surface area (Å²) in [5, 5.41) is 7.68. The standard InChI is InChI=1S/C16H23N3O/c1-4-19-12-15(10-18-19)20-16(11-17-13(2)3)14-8-6-5-7-9-14/h5-10,12-13,16-17H,4,11H2,1-3H3. The largest absolute Gasteiger partial charge is 0.481 e. The summed E-state index contributed by atoms with van der Waals surface area (Å²) >= 11 is 0. The normalized spacial score (nSPS) is 12.6. The summed E-state index contributed by atoms with van der Waals surface area (Å²) in [4.78, 5) is 0. The maximum absolute atomic E-state index is 6.09. The van der Waals surface area contributed by atoms with Crippen LogP contribution in [0.4, 0.5) is 0 Å². The van der Waals surface area contributed by atoms with Crippen LogP contribution in [0.15, 0.2) is 42.7 Å². The number of aromatic nitrogens is 2. The van der Waals surface area contributed by atoms with Gasteiger partial charge in [0.1, 0.15) is 6.10 Å². The third-order valence-electron chi connectivity index (χ3n) is 3.09. The molecule has 0 amide bonds. The minimum Gasteiger partial charge on any atom is -0.481 e. The summed E-state index contributed by atoms with van der Waals surface area (Å²) in [5.74, 6) is 0.811. The van der Waals surface area contributed by atoms with Crippen LogP contribution in [-0.4, -0.2) is 22.4 Å². The average Bonchev–Trinajstić information content (AvgIpc) is 2.92. The van der Waals surface area contributed by atoms with Crippen LogP contribution in [-0.2, 0) is 6.54 Å². The molecule has 108 valence electrons. The second-order valence-electron chi connectivity index (χ2n) is 5.11. The molecule has 0 aliphatic rings. The van der Waals surface area contributed by atoms with E-state index >= 15 is 0 Å². The molecule has 1 atom stereocenters. The van der Waals surface area contributed by atoms with Crippen molar-refractivity contribution in [1.82, 2.24) is 15.1 Å². The third-order valence-corrected chi connectivity index (χ3v) is 3.09. The lowest BCUT2D eigenvalue weighted by molar-refractivity contribution is 0.198. The highest BCUT2D eigenvalue weighted by molar-refractivity contribution is 5.21. The summed E-state index contributed by atoms with van der Waals surface area (Å²) in [6, 6.07) is 10.7. The lowest BCUT2D eigenvalue weighted by Gasteiger charge is -2.20. The first-order valence-corrected chi connectivity index (χ1v) is 7.16. The van der Waals surface area contributed by atoms with Crippen molar-refractivity contribution >= 4 is 0 Å². The van der Waals surface area contributed by atoms with Crippen LogP contribution in [0.25, 0.3) is 0 Å². The van der Waals surface area contributed by atoms with Crippen LogP contribution in [0.3, 0.4) is 0 Å². The second-order valence-corrected chi connectivity index (χ2v) is 5.11. The molecule has 1 unspecified atom stereocenters. The number of rotatable bonds is 7. The zero-order valence-electron chi connectivity index (χ0n) is 12.4. The Hall–Kier alpha value is -1.81. The highest BCUT2D eigenvalue weighted by Gasteiger charge is 2.14. The molecular weight excluding hydrogens is 250 g/mol. The lowest BCUT2D eigenvalue weighted by Crippen LogP contribution is -2.30. The number of benzene rings is 1. The van der Waals surface area contributed by atoms with Crippen molar-refractivity contribution in [2.24, 2.45) is 0 Å². The Morgan fingerprint density at radius 2 is 2.00 bits per heavy atom. The Kier molecular flexibility index (Phi) is 5.18.